The van der Waals surface area contributed by atoms with Gasteiger partial charge < -0.3 is 15.1 Å². The van der Waals surface area contributed by atoms with Gasteiger partial charge in [-0.25, -0.2) is 0 Å². The van der Waals surface area contributed by atoms with Gasteiger partial charge in [-0.2, -0.15) is 0 Å². The highest BCUT2D eigenvalue weighted by atomic mass is 16.2. The fraction of sp³-hybridized carbons (Fsp3) is 0.323. The molecule has 1 saturated carbocycles. The number of carbonyl (C=O) groups is 3. The van der Waals surface area contributed by atoms with Crippen LogP contribution in [-0.4, -0.2) is 59.7 Å². The highest BCUT2D eigenvalue weighted by Gasteiger charge is 2.36. The Kier molecular flexibility index (Phi) is 7.64. The largest absolute Gasteiger partial charge is 0.343 e. The van der Waals surface area contributed by atoms with Crippen LogP contribution in [-0.2, 0) is 20.8 Å². The molecule has 37 heavy (non-hydrogen) atoms. The molecule has 0 bridgehead atoms. The van der Waals surface area contributed by atoms with Crippen LogP contribution in [0.25, 0.3) is 0 Å². The highest BCUT2D eigenvalue weighted by Crippen LogP contribution is 2.31. The average Bonchev–Trinajstić information content (AvgIpc) is 3.80. The number of nitrogens with zero attached hydrogens (tertiary/aromatic N) is 2. The Balaban J connectivity index is 1.35. The molecular weight excluding hydrogens is 462 g/mol. The number of rotatable bonds is 8. The van der Waals surface area contributed by atoms with E-state index in [-0.39, 0.29) is 23.6 Å². The molecule has 0 spiro atoms. The summed E-state index contributed by atoms with van der Waals surface area (Å²) in [7, 11) is 0. The summed E-state index contributed by atoms with van der Waals surface area (Å²) in [5.41, 5.74) is 2.74. The van der Waals surface area contributed by atoms with Crippen LogP contribution >= 0.6 is 0 Å². The molecule has 2 aliphatic rings. The molecule has 3 amide bonds. The van der Waals surface area contributed by atoms with E-state index in [9.17, 15) is 14.4 Å². The summed E-state index contributed by atoms with van der Waals surface area (Å²) < 4.78 is 0. The number of nitrogens with one attached hydrogen (secondary N) is 1. The Bertz CT molecular complexity index is 1160. The summed E-state index contributed by atoms with van der Waals surface area (Å²) in [6, 6.07) is 28.4. The second kappa shape index (κ2) is 11.4. The van der Waals surface area contributed by atoms with Gasteiger partial charge in [0, 0.05) is 38.5 Å². The molecule has 1 atom stereocenters. The Labute approximate surface area is 218 Å². The molecule has 0 aromatic heterocycles. The number of amides is 3. The fourth-order valence-electron chi connectivity index (χ4n) is 5.05. The molecule has 1 aliphatic heterocycles. The van der Waals surface area contributed by atoms with E-state index >= 15 is 0 Å². The summed E-state index contributed by atoms with van der Waals surface area (Å²) >= 11 is 0. The van der Waals surface area contributed by atoms with Crippen LogP contribution in [0.5, 0.6) is 0 Å². The van der Waals surface area contributed by atoms with Crippen molar-refractivity contribution in [2.45, 2.75) is 31.2 Å². The van der Waals surface area contributed by atoms with Gasteiger partial charge in [0.2, 0.25) is 17.7 Å². The summed E-state index contributed by atoms with van der Waals surface area (Å²) in [6.45, 7) is 2.06. The van der Waals surface area contributed by atoms with Crippen molar-refractivity contribution in [3.05, 3.63) is 108 Å². The predicted molar refractivity (Wildman–Crippen MR) is 143 cm³/mol. The first kappa shape index (κ1) is 24.8. The molecule has 5 rings (SSSR count). The lowest BCUT2D eigenvalue weighted by atomic mass is 9.90. The van der Waals surface area contributed by atoms with Crippen molar-refractivity contribution in [2.75, 3.05) is 26.2 Å². The van der Waals surface area contributed by atoms with Crippen molar-refractivity contribution in [3.8, 4) is 0 Å². The maximum atomic E-state index is 13.8. The Morgan fingerprint density at radius 1 is 0.703 bits per heavy atom. The third kappa shape index (κ3) is 6.08. The average molecular weight is 496 g/mol. The zero-order valence-corrected chi connectivity index (χ0v) is 21.0. The van der Waals surface area contributed by atoms with E-state index in [0.717, 1.165) is 29.5 Å². The molecule has 1 unspecified atom stereocenters. The van der Waals surface area contributed by atoms with E-state index in [0.29, 0.717) is 32.6 Å². The molecule has 6 heteroatoms. The zero-order valence-electron chi connectivity index (χ0n) is 21.0. The molecule has 190 valence electrons. The fourth-order valence-corrected chi connectivity index (χ4v) is 5.05. The minimum atomic E-state index is -0.699. The van der Waals surface area contributed by atoms with Crippen LogP contribution in [0.3, 0.4) is 0 Å². The van der Waals surface area contributed by atoms with E-state index in [1.54, 1.807) is 4.90 Å². The standard InChI is InChI=1S/C31H33N3O3/c35-29(28(24-12-6-2-7-13-24)25-14-8-3-9-15-25)32-27(22-23-10-4-1-5-11-23)31(37)34-20-18-33(19-21-34)30(36)26-16-17-26/h1-15,26-28H,16-22H2,(H,32,35). The van der Waals surface area contributed by atoms with E-state index in [2.05, 4.69) is 5.32 Å². The van der Waals surface area contributed by atoms with Crippen LogP contribution < -0.4 is 5.32 Å². The summed E-state index contributed by atoms with van der Waals surface area (Å²) in [4.78, 5) is 43.7. The molecule has 1 N–H and O–H groups in total. The van der Waals surface area contributed by atoms with Crippen LogP contribution in [0.15, 0.2) is 91.0 Å². The second-order valence-electron chi connectivity index (χ2n) is 9.93. The number of benzene rings is 3. The Hall–Kier alpha value is -3.93. The summed E-state index contributed by atoms with van der Waals surface area (Å²) in [6.07, 6.45) is 2.36. The maximum Gasteiger partial charge on any atom is 0.245 e. The van der Waals surface area contributed by atoms with E-state index in [4.69, 9.17) is 0 Å². The topological polar surface area (TPSA) is 69.7 Å². The van der Waals surface area contributed by atoms with Crippen molar-refractivity contribution < 1.29 is 14.4 Å². The third-order valence-corrected chi connectivity index (χ3v) is 7.25. The van der Waals surface area contributed by atoms with Gasteiger partial charge in [0.05, 0.1) is 5.92 Å². The van der Waals surface area contributed by atoms with Crippen molar-refractivity contribution in [2.24, 2.45) is 5.92 Å². The van der Waals surface area contributed by atoms with Gasteiger partial charge in [-0.05, 0) is 29.5 Å². The number of piperazine rings is 1. The quantitative estimate of drug-likeness (QED) is 0.519. The SMILES string of the molecule is O=C(NC(Cc1ccccc1)C(=O)N1CCN(C(=O)C2CC2)CC1)C(c1ccccc1)c1ccccc1. The normalized spacial score (nSPS) is 16.4. The minimum Gasteiger partial charge on any atom is -0.343 e. The lowest BCUT2D eigenvalue weighted by Gasteiger charge is -2.37. The summed E-state index contributed by atoms with van der Waals surface area (Å²) in [5.74, 6) is -0.429. The van der Waals surface area contributed by atoms with Gasteiger partial charge in [-0.1, -0.05) is 91.0 Å². The summed E-state index contributed by atoms with van der Waals surface area (Å²) in [5, 5.41) is 3.11. The van der Waals surface area contributed by atoms with Crippen LogP contribution in [0.2, 0.25) is 0 Å². The monoisotopic (exact) mass is 495 g/mol. The predicted octanol–water partition coefficient (Wildman–Crippen LogP) is 3.63. The van der Waals surface area contributed by atoms with Crippen LogP contribution in [0, 0.1) is 5.92 Å². The molecule has 3 aromatic carbocycles. The highest BCUT2D eigenvalue weighted by molar-refractivity contribution is 5.92. The Morgan fingerprint density at radius 3 is 1.70 bits per heavy atom. The third-order valence-electron chi connectivity index (χ3n) is 7.25. The number of hydrogen-bond acceptors (Lipinski definition) is 3. The molecule has 1 heterocycles. The van der Waals surface area contributed by atoms with Gasteiger partial charge in [0.15, 0.2) is 0 Å². The molecule has 1 aliphatic carbocycles. The van der Waals surface area contributed by atoms with Crippen molar-refractivity contribution in [1.82, 2.24) is 15.1 Å². The van der Waals surface area contributed by atoms with Gasteiger partial charge >= 0.3 is 0 Å². The van der Waals surface area contributed by atoms with Gasteiger partial charge in [0.1, 0.15) is 6.04 Å². The first-order chi connectivity index (χ1) is 18.1. The molecule has 6 nitrogen and oxygen atoms in total. The number of hydrogen-bond donors (Lipinski definition) is 1. The van der Waals surface area contributed by atoms with E-state index in [1.807, 2.05) is 95.9 Å². The van der Waals surface area contributed by atoms with E-state index in [1.165, 1.54) is 0 Å². The molecular formula is C31H33N3O3. The van der Waals surface area contributed by atoms with Crippen molar-refractivity contribution >= 4 is 17.7 Å². The molecule has 3 aromatic rings. The molecule has 1 saturated heterocycles. The first-order valence-electron chi connectivity index (χ1n) is 13.1. The molecule has 2 fully saturated rings. The first-order valence-corrected chi connectivity index (χ1v) is 13.1. The zero-order chi connectivity index (χ0) is 25.6. The number of carbonyl (C=O) groups excluding carboxylic acids is 3. The smallest absolute Gasteiger partial charge is 0.245 e. The maximum absolute atomic E-state index is 13.8. The lowest BCUT2D eigenvalue weighted by Crippen LogP contribution is -2.57. The van der Waals surface area contributed by atoms with Crippen LogP contribution in [0.4, 0.5) is 0 Å². The van der Waals surface area contributed by atoms with Gasteiger partial charge in [0.25, 0.3) is 0 Å². The van der Waals surface area contributed by atoms with Gasteiger partial charge in [-0.15, -0.1) is 0 Å². The van der Waals surface area contributed by atoms with Crippen molar-refractivity contribution in [1.29, 1.82) is 0 Å². The van der Waals surface area contributed by atoms with Crippen LogP contribution in [0.1, 0.15) is 35.4 Å². The van der Waals surface area contributed by atoms with E-state index < -0.39 is 12.0 Å². The lowest BCUT2D eigenvalue weighted by molar-refractivity contribution is -0.142. The van der Waals surface area contributed by atoms with Crippen molar-refractivity contribution in [3.63, 3.8) is 0 Å². The Morgan fingerprint density at radius 2 is 1.19 bits per heavy atom. The molecule has 0 radical (unpaired) electrons. The minimum absolute atomic E-state index is 0.101. The second-order valence-corrected chi connectivity index (χ2v) is 9.93. The van der Waals surface area contributed by atoms with Gasteiger partial charge in [-0.3, -0.25) is 14.4 Å².